The van der Waals surface area contributed by atoms with Crippen molar-refractivity contribution in [1.29, 1.82) is 0 Å². The van der Waals surface area contributed by atoms with Crippen LogP contribution in [0.1, 0.15) is 28.4 Å². The third kappa shape index (κ3) is 3.65. The number of fused-ring (bicyclic) bond motifs is 1. The van der Waals surface area contributed by atoms with Gasteiger partial charge in [-0.3, -0.25) is 9.48 Å². The zero-order chi connectivity index (χ0) is 20.5. The van der Waals surface area contributed by atoms with Gasteiger partial charge in [-0.1, -0.05) is 6.07 Å². The van der Waals surface area contributed by atoms with Gasteiger partial charge in [-0.25, -0.2) is 8.78 Å². The van der Waals surface area contributed by atoms with Crippen LogP contribution in [0.4, 0.5) is 8.78 Å². The van der Waals surface area contributed by atoms with E-state index in [0.717, 1.165) is 29.4 Å². The van der Waals surface area contributed by atoms with Gasteiger partial charge in [0.05, 0.1) is 5.69 Å². The van der Waals surface area contributed by atoms with Crippen molar-refractivity contribution in [2.24, 2.45) is 5.73 Å². The molecule has 0 bridgehead atoms. The summed E-state index contributed by atoms with van der Waals surface area (Å²) in [6.45, 7) is 3.40. The first kappa shape index (κ1) is 19.3. The van der Waals surface area contributed by atoms with E-state index in [-0.39, 0.29) is 18.5 Å². The molecule has 3 aromatic rings. The Kier molecular flexibility index (Phi) is 5.15. The summed E-state index contributed by atoms with van der Waals surface area (Å²) >= 11 is 0. The van der Waals surface area contributed by atoms with Crippen LogP contribution in [-0.2, 0) is 19.5 Å². The van der Waals surface area contributed by atoms with Crippen molar-refractivity contribution in [2.45, 2.75) is 32.5 Å². The highest BCUT2D eigenvalue weighted by atomic mass is 19.1. The number of hydrogen-bond acceptors (Lipinski definition) is 3. The molecule has 1 atom stereocenters. The molecular weight excluding hydrogens is 374 g/mol. The molecule has 0 spiro atoms. The van der Waals surface area contributed by atoms with Crippen molar-refractivity contribution in [2.75, 3.05) is 6.54 Å². The topological polar surface area (TPSA) is 64.2 Å². The van der Waals surface area contributed by atoms with Crippen LogP contribution < -0.4 is 5.73 Å². The summed E-state index contributed by atoms with van der Waals surface area (Å²) in [6, 6.07) is 10.7. The maximum atomic E-state index is 13.5. The van der Waals surface area contributed by atoms with Crippen molar-refractivity contribution in [1.82, 2.24) is 14.7 Å². The summed E-state index contributed by atoms with van der Waals surface area (Å²) in [6.07, 6.45) is 2.05. The van der Waals surface area contributed by atoms with E-state index < -0.39 is 11.6 Å². The van der Waals surface area contributed by atoms with Crippen LogP contribution in [0, 0.1) is 11.6 Å². The van der Waals surface area contributed by atoms with Crippen LogP contribution >= 0.6 is 0 Å². The highest BCUT2D eigenvalue weighted by Crippen LogP contribution is 2.30. The standard InChI is InChI=1S/C22H22F2N4O/c1-2-28-21(5-6-26-28)15-3-4-20-16(10-15)13-27(22(20)29)19(12-25)9-14-7-17(23)11-18(24)8-14/h3-8,10-11,19H,2,9,12-13,25H2,1H3/t19-/m0/s1. The molecule has 2 aromatic carbocycles. The number of aromatic nitrogens is 2. The fourth-order valence-electron chi connectivity index (χ4n) is 3.95. The predicted molar refractivity (Wildman–Crippen MR) is 106 cm³/mol. The summed E-state index contributed by atoms with van der Waals surface area (Å²) in [4.78, 5) is 14.6. The van der Waals surface area contributed by atoms with E-state index in [1.165, 1.54) is 12.1 Å². The first-order valence-electron chi connectivity index (χ1n) is 9.61. The Balaban J connectivity index is 1.59. The van der Waals surface area contributed by atoms with Gasteiger partial charge in [0.1, 0.15) is 11.6 Å². The van der Waals surface area contributed by atoms with Gasteiger partial charge < -0.3 is 10.6 Å². The van der Waals surface area contributed by atoms with Gasteiger partial charge in [0, 0.05) is 49.1 Å². The van der Waals surface area contributed by atoms with Crippen molar-refractivity contribution in [3.63, 3.8) is 0 Å². The summed E-state index contributed by atoms with van der Waals surface area (Å²) in [5.41, 5.74) is 9.95. The van der Waals surface area contributed by atoms with Gasteiger partial charge in [-0.05, 0) is 54.8 Å². The Morgan fingerprint density at radius 2 is 1.90 bits per heavy atom. The number of hydrogen-bond donors (Lipinski definition) is 1. The van der Waals surface area contributed by atoms with Crippen LogP contribution in [0.25, 0.3) is 11.3 Å². The van der Waals surface area contributed by atoms with Crippen LogP contribution in [0.3, 0.4) is 0 Å². The Morgan fingerprint density at radius 3 is 2.59 bits per heavy atom. The maximum Gasteiger partial charge on any atom is 0.254 e. The van der Waals surface area contributed by atoms with E-state index in [0.29, 0.717) is 24.1 Å². The van der Waals surface area contributed by atoms with Gasteiger partial charge in [0.2, 0.25) is 0 Å². The SMILES string of the molecule is CCn1nccc1-c1ccc2c(c1)CN([C@H](CN)Cc1cc(F)cc(F)c1)C2=O. The molecule has 150 valence electrons. The average molecular weight is 396 g/mol. The number of amides is 1. The number of nitrogens with two attached hydrogens (primary N) is 1. The zero-order valence-corrected chi connectivity index (χ0v) is 16.1. The lowest BCUT2D eigenvalue weighted by molar-refractivity contribution is 0.0708. The van der Waals surface area contributed by atoms with Gasteiger partial charge in [-0.2, -0.15) is 5.10 Å². The zero-order valence-electron chi connectivity index (χ0n) is 16.1. The summed E-state index contributed by atoms with van der Waals surface area (Å²) in [7, 11) is 0. The number of nitrogens with zero attached hydrogens (tertiary/aromatic N) is 3. The third-order valence-electron chi connectivity index (χ3n) is 5.36. The van der Waals surface area contributed by atoms with Crippen LogP contribution in [0.5, 0.6) is 0 Å². The molecule has 0 saturated heterocycles. The second-order valence-electron chi connectivity index (χ2n) is 7.21. The minimum Gasteiger partial charge on any atom is -0.330 e. The normalized spacial score (nSPS) is 14.3. The van der Waals surface area contributed by atoms with Crippen molar-refractivity contribution in [3.05, 3.63) is 77.0 Å². The highest BCUT2D eigenvalue weighted by molar-refractivity contribution is 5.99. The molecule has 7 heteroatoms. The quantitative estimate of drug-likeness (QED) is 0.695. The lowest BCUT2D eigenvalue weighted by Crippen LogP contribution is -2.42. The van der Waals surface area contributed by atoms with Crippen LogP contribution in [0.2, 0.25) is 0 Å². The Hall–Kier alpha value is -3.06. The molecule has 5 nitrogen and oxygen atoms in total. The number of carbonyl (C=O) groups excluding carboxylic acids is 1. The van der Waals surface area contributed by atoms with E-state index in [1.807, 2.05) is 35.9 Å². The predicted octanol–water partition coefficient (Wildman–Crippen LogP) is 3.37. The summed E-state index contributed by atoms with van der Waals surface area (Å²) < 4.78 is 29.0. The van der Waals surface area contributed by atoms with Gasteiger partial charge >= 0.3 is 0 Å². The first-order valence-corrected chi connectivity index (χ1v) is 9.61. The Morgan fingerprint density at radius 1 is 1.14 bits per heavy atom. The minimum atomic E-state index is -0.635. The largest absolute Gasteiger partial charge is 0.330 e. The number of aryl methyl sites for hydroxylation is 1. The maximum absolute atomic E-state index is 13.5. The molecule has 0 saturated carbocycles. The number of benzene rings is 2. The van der Waals surface area contributed by atoms with Crippen molar-refractivity contribution in [3.8, 4) is 11.3 Å². The van der Waals surface area contributed by atoms with Gasteiger partial charge in [-0.15, -0.1) is 0 Å². The fraction of sp³-hybridized carbons (Fsp3) is 0.273. The molecular formula is C22H22F2N4O. The molecule has 1 aliphatic rings. The van der Waals surface area contributed by atoms with E-state index in [2.05, 4.69) is 5.10 Å². The van der Waals surface area contributed by atoms with Gasteiger partial charge in [0.25, 0.3) is 5.91 Å². The molecule has 0 fully saturated rings. The molecule has 4 rings (SSSR count). The molecule has 0 unspecified atom stereocenters. The molecule has 29 heavy (non-hydrogen) atoms. The monoisotopic (exact) mass is 396 g/mol. The molecule has 2 heterocycles. The molecule has 1 amide bonds. The minimum absolute atomic E-state index is 0.108. The average Bonchev–Trinajstić information content (AvgIpc) is 3.29. The van der Waals surface area contributed by atoms with Crippen molar-refractivity contribution >= 4 is 5.91 Å². The van der Waals surface area contributed by atoms with Crippen molar-refractivity contribution < 1.29 is 13.6 Å². The second kappa shape index (κ2) is 7.75. The van der Waals surface area contributed by atoms with Crippen LogP contribution in [0.15, 0.2) is 48.7 Å². The Labute approximate surface area is 167 Å². The fourth-order valence-corrected chi connectivity index (χ4v) is 3.95. The lowest BCUT2D eigenvalue weighted by Gasteiger charge is -2.26. The Bertz CT molecular complexity index is 1040. The summed E-state index contributed by atoms with van der Waals surface area (Å²) in [5, 5.41) is 4.30. The number of rotatable bonds is 6. The van der Waals surface area contributed by atoms with E-state index in [4.69, 9.17) is 5.73 Å². The smallest absolute Gasteiger partial charge is 0.254 e. The first-order chi connectivity index (χ1) is 14.0. The van der Waals surface area contributed by atoms with E-state index in [9.17, 15) is 13.6 Å². The van der Waals surface area contributed by atoms with E-state index >= 15 is 0 Å². The lowest BCUT2D eigenvalue weighted by atomic mass is 10.0. The number of carbonyl (C=O) groups is 1. The number of halogens is 2. The molecule has 0 radical (unpaired) electrons. The summed E-state index contributed by atoms with van der Waals surface area (Å²) in [5.74, 6) is -1.38. The third-order valence-corrected chi connectivity index (χ3v) is 5.36. The van der Waals surface area contributed by atoms with Crippen LogP contribution in [-0.4, -0.2) is 33.2 Å². The second-order valence-corrected chi connectivity index (χ2v) is 7.21. The molecule has 1 aliphatic heterocycles. The highest BCUT2D eigenvalue weighted by Gasteiger charge is 2.32. The van der Waals surface area contributed by atoms with Gasteiger partial charge in [0.15, 0.2) is 0 Å². The molecule has 2 N–H and O–H groups in total. The van der Waals surface area contributed by atoms with E-state index in [1.54, 1.807) is 11.1 Å². The molecule has 1 aromatic heterocycles. The molecule has 0 aliphatic carbocycles.